The zero-order valence-electron chi connectivity index (χ0n) is 13.0. The van der Waals surface area contributed by atoms with E-state index in [4.69, 9.17) is 4.74 Å². The number of aryl methyl sites for hydroxylation is 1. The second-order valence-corrected chi connectivity index (χ2v) is 5.78. The van der Waals surface area contributed by atoms with Gasteiger partial charge in [-0.15, -0.1) is 0 Å². The van der Waals surface area contributed by atoms with Crippen molar-refractivity contribution in [1.82, 2.24) is 15.1 Å². The third-order valence-corrected chi connectivity index (χ3v) is 4.40. The third kappa shape index (κ3) is 2.76. The zero-order valence-corrected chi connectivity index (χ0v) is 13.0. The van der Waals surface area contributed by atoms with E-state index in [1.54, 1.807) is 6.20 Å². The summed E-state index contributed by atoms with van der Waals surface area (Å²) in [5.41, 5.74) is 4.15. The number of carbonyl (C=O) groups is 1. The predicted molar refractivity (Wildman–Crippen MR) is 83.5 cm³/mol. The fourth-order valence-electron chi connectivity index (χ4n) is 3.27. The Hall–Kier alpha value is -2.14. The highest BCUT2D eigenvalue weighted by atomic mass is 16.5. The number of aromatic amines is 1. The van der Waals surface area contributed by atoms with Crippen LogP contribution in [0.4, 0.5) is 0 Å². The number of methoxy groups -OCH3 is 1. The van der Waals surface area contributed by atoms with E-state index in [1.807, 2.05) is 0 Å². The molecule has 0 unspecified atom stereocenters. The number of rotatable bonds is 4. The van der Waals surface area contributed by atoms with Crippen LogP contribution >= 0.6 is 0 Å². The topological polar surface area (TPSA) is 58.2 Å². The Kier molecular flexibility index (Phi) is 4.24. The van der Waals surface area contributed by atoms with Crippen LogP contribution in [0.1, 0.15) is 46.1 Å². The van der Waals surface area contributed by atoms with E-state index in [0.29, 0.717) is 18.3 Å². The van der Waals surface area contributed by atoms with Crippen LogP contribution in [0.5, 0.6) is 0 Å². The molecule has 0 radical (unpaired) electrons. The Morgan fingerprint density at radius 1 is 1.45 bits per heavy atom. The first kappa shape index (κ1) is 14.8. The highest BCUT2D eigenvalue weighted by Gasteiger charge is 2.25. The Morgan fingerprint density at radius 2 is 2.27 bits per heavy atom. The monoisotopic (exact) mass is 299 g/mol. The molecule has 1 aliphatic rings. The van der Waals surface area contributed by atoms with Crippen LogP contribution in [0.3, 0.4) is 0 Å². The summed E-state index contributed by atoms with van der Waals surface area (Å²) in [6.07, 6.45) is 5.19. The summed E-state index contributed by atoms with van der Waals surface area (Å²) in [6.45, 7) is 0.667. The van der Waals surface area contributed by atoms with Gasteiger partial charge in [-0.25, -0.2) is 4.79 Å². The number of fused-ring (bicyclic) bond motifs is 1. The van der Waals surface area contributed by atoms with Gasteiger partial charge in [0.25, 0.3) is 0 Å². The minimum atomic E-state index is -0.370. The molecule has 0 bridgehead atoms. The standard InChI is InChI=1S/C17H21N3O2/c1-20(11-13-10-18-19-16(13)17(21)22-2)15-9-5-7-12-6-3-4-8-14(12)15/h3-4,6,8,10,15H,5,7,9,11H2,1-2H3,(H,18,19)/t15-/m0/s1. The summed E-state index contributed by atoms with van der Waals surface area (Å²) >= 11 is 0. The number of hydrogen-bond donors (Lipinski definition) is 1. The molecule has 5 heteroatoms. The Balaban J connectivity index is 1.80. The Morgan fingerprint density at radius 3 is 3.09 bits per heavy atom. The molecule has 5 nitrogen and oxygen atoms in total. The van der Waals surface area contributed by atoms with E-state index in [9.17, 15) is 4.79 Å². The van der Waals surface area contributed by atoms with Gasteiger partial charge >= 0.3 is 5.97 Å². The number of nitrogens with one attached hydrogen (secondary N) is 1. The van der Waals surface area contributed by atoms with Gasteiger partial charge in [0.2, 0.25) is 0 Å². The van der Waals surface area contributed by atoms with E-state index in [2.05, 4.69) is 46.4 Å². The molecule has 116 valence electrons. The molecule has 2 aromatic rings. The van der Waals surface area contributed by atoms with E-state index < -0.39 is 0 Å². The molecule has 0 fully saturated rings. The van der Waals surface area contributed by atoms with Gasteiger partial charge in [-0.2, -0.15) is 5.10 Å². The summed E-state index contributed by atoms with van der Waals surface area (Å²) in [5, 5.41) is 6.71. The fourth-order valence-corrected chi connectivity index (χ4v) is 3.27. The van der Waals surface area contributed by atoms with Crippen molar-refractivity contribution in [1.29, 1.82) is 0 Å². The maximum Gasteiger partial charge on any atom is 0.356 e. The van der Waals surface area contributed by atoms with Gasteiger partial charge in [-0.05, 0) is 37.4 Å². The number of aromatic nitrogens is 2. The Bertz CT molecular complexity index is 665. The lowest BCUT2D eigenvalue weighted by Gasteiger charge is -2.33. The summed E-state index contributed by atoms with van der Waals surface area (Å²) < 4.78 is 4.79. The SMILES string of the molecule is COC(=O)c1[nH]ncc1CN(C)[C@H]1CCCc2ccccc21. The molecule has 0 saturated heterocycles. The maximum atomic E-state index is 11.7. The highest BCUT2D eigenvalue weighted by Crippen LogP contribution is 2.34. The molecule has 1 heterocycles. The molecule has 1 atom stereocenters. The van der Waals surface area contributed by atoms with Gasteiger partial charge in [0.15, 0.2) is 0 Å². The zero-order chi connectivity index (χ0) is 15.5. The van der Waals surface area contributed by atoms with Crippen molar-refractivity contribution >= 4 is 5.97 Å². The van der Waals surface area contributed by atoms with E-state index >= 15 is 0 Å². The third-order valence-electron chi connectivity index (χ3n) is 4.40. The molecule has 1 aromatic heterocycles. The van der Waals surface area contributed by atoms with Crippen molar-refractivity contribution in [3.63, 3.8) is 0 Å². The minimum Gasteiger partial charge on any atom is -0.464 e. The number of benzene rings is 1. The van der Waals surface area contributed by atoms with Gasteiger partial charge in [-0.1, -0.05) is 24.3 Å². The quantitative estimate of drug-likeness (QED) is 0.882. The van der Waals surface area contributed by atoms with Gasteiger partial charge in [-0.3, -0.25) is 10.00 Å². The van der Waals surface area contributed by atoms with Crippen molar-refractivity contribution in [3.05, 3.63) is 52.8 Å². The molecule has 3 rings (SSSR count). The normalized spacial score (nSPS) is 17.3. The summed E-state index contributed by atoms with van der Waals surface area (Å²) in [7, 11) is 3.48. The van der Waals surface area contributed by atoms with Crippen molar-refractivity contribution in [2.75, 3.05) is 14.2 Å². The predicted octanol–water partition coefficient (Wildman–Crippen LogP) is 2.71. The number of ether oxygens (including phenoxy) is 1. The van der Waals surface area contributed by atoms with Crippen LogP contribution in [0, 0.1) is 0 Å². The molecular weight excluding hydrogens is 278 g/mol. The lowest BCUT2D eigenvalue weighted by molar-refractivity contribution is 0.0591. The molecule has 1 N–H and O–H groups in total. The van der Waals surface area contributed by atoms with Crippen molar-refractivity contribution in [3.8, 4) is 0 Å². The summed E-state index contributed by atoms with van der Waals surface area (Å²) in [5.74, 6) is -0.370. The Labute approximate surface area is 130 Å². The first-order valence-electron chi connectivity index (χ1n) is 7.59. The van der Waals surface area contributed by atoms with Crippen LogP contribution in [0.2, 0.25) is 0 Å². The first-order valence-corrected chi connectivity index (χ1v) is 7.59. The average molecular weight is 299 g/mol. The molecule has 0 spiro atoms. The summed E-state index contributed by atoms with van der Waals surface area (Å²) in [6, 6.07) is 9.01. The average Bonchev–Trinajstić information content (AvgIpc) is 3.01. The van der Waals surface area contributed by atoms with Crippen molar-refractivity contribution in [2.24, 2.45) is 0 Å². The molecule has 1 aliphatic carbocycles. The fraction of sp³-hybridized carbons (Fsp3) is 0.412. The van der Waals surface area contributed by atoms with Crippen LogP contribution in [-0.4, -0.2) is 35.2 Å². The number of esters is 1. The second kappa shape index (κ2) is 6.32. The maximum absolute atomic E-state index is 11.7. The molecule has 0 amide bonds. The molecule has 0 saturated carbocycles. The lowest BCUT2D eigenvalue weighted by atomic mass is 9.87. The van der Waals surface area contributed by atoms with E-state index in [0.717, 1.165) is 18.4 Å². The van der Waals surface area contributed by atoms with Gasteiger partial charge in [0.1, 0.15) is 5.69 Å². The largest absolute Gasteiger partial charge is 0.464 e. The minimum absolute atomic E-state index is 0.370. The van der Waals surface area contributed by atoms with E-state index in [1.165, 1.54) is 24.7 Å². The first-order chi connectivity index (χ1) is 10.7. The molecule has 0 aliphatic heterocycles. The lowest BCUT2D eigenvalue weighted by Crippen LogP contribution is -2.28. The smallest absolute Gasteiger partial charge is 0.356 e. The van der Waals surface area contributed by atoms with Crippen LogP contribution < -0.4 is 0 Å². The molecular formula is C17H21N3O2. The van der Waals surface area contributed by atoms with Gasteiger partial charge in [0.05, 0.1) is 13.3 Å². The molecule has 22 heavy (non-hydrogen) atoms. The highest BCUT2D eigenvalue weighted by molar-refractivity contribution is 5.88. The number of H-pyrrole nitrogens is 1. The van der Waals surface area contributed by atoms with Crippen LogP contribution in [0.25, 0.3) is 0 Å². The van der Waals surface area contributed by atoms with Crippen molar-refractivity contribution in [2.45, 2.75) is 31.8 Å². The van der Waals surface area contributed by atoms with Crippen LogP contribution in [-0.2, 0) is 17.7 Å². The van der Waals surface area contributed by atoms with Crippen molar-refractivity contribution < 1.29 is 9.53 Å². The number of hydrogen-bond acceptors (Lipinski definition) is 4. The second-order valence-electron chi connectivity index (χ2n) is 5.78. The number of carbonyl (C=O) groups excluding carboxylic acids is 1. The van der Waals surface area contributed by atoms with Crippen LogP contribution in [0.15, 0.2) is 30.5 Å². The van der Waals surface area contributed by atoms with Gasteiger partial charge < -0.3 is 4.74 Å². The van der Waals surface area contributed by atoms with Gasteiger partial charge in [0, 0.05) is 18.2 Å². The molecule has 1 aromatic carbocycles. The number of nitrogens with zero attached hydrogens (tertiary/aromatic N) is 2. The van der Waals surface area contributed by atoms with E-state index in [-0.39, 0.29) is 5.97 Å². The summed E-state index contributed by atoms with van der Waals surface area (Å²) in [4.78, 5) is 14.0.